The van der Waals surface area contributed by atoms with Gasteiger partial charge < -0.3 is 4.74 Å². The Bertz CT molecular complexity index is 271. The van der Waals surface area contributed by atoms with Crippen LogP contribution in [-0.2, 0) is 15.0 Å². The van der Waals surface area contributed by atoms with Crippen molar-refractivity contribution >= 4 is 10.2 Å². The van der Waals surface area contributed by atoms with E-state index in [9.17, 15) is 12.3 Å². The van der Waals surface area contributed by atoms with Gasteiger partial charge in [0, 0.05) is 6.61 Å². The predicted octanol–water partition coefficient (Wildman–Crippen LogP) is 1.49. The maximum Gasteiger partial charge on any atom is 0.304 e. The maximum atomic E-state index is 12.4. The topological polar surface area (TPSA) is 43.4 Å². The number of rotatable bonds is 2. The molecule has 78 valence electrons. The van der Waals surface area contributed by atoms with Gasteiger partial charge in [0.05, 0.1) is 6.10 Å². The van der Waals surface area contributed by atoms with E-state index in [2.05, 4.69) is 0 Å². The van der Waals surface area contributed by atoms with Crippen molar-refractivity contribution in [3.05, 3.63) is 0 Å². The second kappa shape index (κ2) is 3.53. The van der Waals surface area contributed by atoms with Crippen LogP contribution in [0.5, 0.6) is 0 Å². The SMILES string of the molecule is CC1(C)CCCOC1CS(=O)(=O)F. The van der Waals surface area contributed by atoms with E-state index in [0.717, 1.165) is 12.8 Å². The van der Waals surface area contributed by atoms with Gasteiger partial charge in [0.1, 0.15) is 5.75 Å². The Morgan fingerprint density at radius 3 is 2.62 bits per heavy atom. The third kappa shape index (κ3) is 3.23. The fraction of sp³-hybridized carbons (Fsp3) is 1.00. The van der Waals surface area contributed by atoms with Crippen LogP contribution in [0.25, 0.3) is 0 Å². The Balaban J connectivity index is 2.67. The van der Waals surface area contributed by atoms with E-state index in [1.165, 1.54) is 0 Å². The second-order valence-corrected chi connectivity index (χ2v) is 5.57. The maximum absolute atomic E-state index is 12.4. The molecule has 13 heavy (non-hydrogen) atoms. The monoisotopic (exact) mass is 210 g/mol. The summed E-state index contributed by atoms with van der Waals surface area (Å²) in [4.78, 5) is 0. The van der Waals surface area contributed by atoms with Gasteiger partial charge >= 0.3 is 10.2 Å². The van der Waals surface area contributed by atoms with Crippen LogP contribution in [0.15, 0.2) is 0 Å². The number of hydrogen-bond donors (Lipinski definition) is 0. The van der Waals surface area contributed by atoms with Crippen LogP contribution in [0.4, 0.5) is 3.89 Å². The molecule has 0 spiro atoms. The highest BCUT2D eigenvalue weighted by Crippen LogP contribution is 2.33. The van der Waals surface area contributed by atoms with Gasteiger partial charge in [-0.25, -0.2) is 0 Å². The fourth-order valence-corrected chi connectivity index (χ4v) is 2.50. The summed E-state index contributed by atoms with van der Waals surface area (Å²) in [5.41, 5.74) is -0.239. The zero-order valence-corrected chi connectivity index (χ0v) is 8.73. The summed E-state index contributed by atoms with van der Waals surface area (Å²) < 4.78 is 38.5. The van der Waals surface area contributed by atoms with Crippen molar-refractivity contribution in [2.24, 2.45) is 5.41 Å². The van der Waals surface area contributed by atoms with E-state index in [4.69, 9.17) is 4.74 Å². The first-order chi connectivity index (χ1) is 5.81. The summed E-state index contributed by atoms with van der Waals surface area (Å²) in [7, 11) is -4.42. The molecule has 1 rings (SSSR count). The van der Waals surface area contributed by atoms with Gasteiger partial charge in [0.15, 0.2) is 0 Å². The molecule has 1 heterocycles. The van der Waals surface area contributed by atoms with Crippen LogP contribution in [0, 0.1) is 5.41 Å². The van der Waals surface area contributed by atoms with E-state index >= 15 is 0 Å². The average molecular weight is 210 g/mol. The third-order valence-corrected chi connectivity index (χ3v) is 3.21. The number of halogens is 1. The molecule has 5 heteroatoms. The molecule has 1 aliphatic heterocycles. The molecule has 3 nitrogen and oxygen atoms in total. The first-order valence-corrected chi connectivity index (χ1v) is 5.90. The number of hydrogen-bond acceptors (Lipinski definition) is 3. The molecule has 0 aromatic carbocycles. The van der Waals surface area contributed by atoms with Gasteiger partial charge in [0.25, 0.3) is 0 Å². The molecule has 1 saturated heterocycles. The van der Waals surface area contributed by atoms with E-state index in [-0.39, 0.29) is 5.41 Å². The van der Waals surface area contributed by atoms with Gasteiger partial charge in [-0.3, -0.25) is 0 Å². The molecule has 1 unspecified atom stereocenters. The van der Waals surface area contributed by atoms with E-state index in [1.54, 1.807) is 0 Å². The summed E-state index contributed by atoms with van der Waals surface area (Å²) in [5, 5.41) is 0. The lowest BCUT2D eigenvalue weighted by molar-refractivity contribution is -0.0539. The molecule has 0 radical (unpaired) electrons. The second-order valence-electron chi connectivity index (χ2n) is 4.16. The van der Waals surface area contributed by atoms with Crippen molar-refractivity contribution in [2.45, 2.75) is 32.8 Å². The van der Waals surface area contributed by atoms with Crippen LogP contribution in [0.3, 0.4) is 0 Å². The van der Waals surface area contributed by atoms with E-state index < -0.39 is 22.1 Å². The quantitative estimate of drug-likeness (QED) is 0.648. The lowest BCUT2D eigenvalue weighted by atomic mass is 9.81. The minimum atomic E-state index is -4.42. The lowest BCUT2D eigenvalue weighted by Gasteiger charge is -2.37. The zero-order chi connectivity index (χ0) is 10.1. The molecule has 0 aliphatic carbocycles. The number of ether oxygens (including phenoxy) is 1. The lowest BCUT2D eigenvalue weighted by Crippen LogP contribution is -2.40. The van der Waals surface area contributed by atoms with Crippen LogP contribution in [0.1, 0.15) is 26.7 Å². The van der Waals surface area contributed by atoms with Crippen molar-refractivity contribution < 1.29 is 17.0 Å². The van der Waals surface area contributed by atoms with Crippen LogP contribution in [0.2, 0.25) is 0 Å². The molecule has 0 bridgehead atoms. The van der Waals surface area contributed by atoms with Gasteiger partial charge in [-0.05, 0) is 18.3 Å². The third-order valence-electron chi connectivity index (χ3n) is 2.51. The van der Waals surface area contributed by atoms with Crippen molar-refractivity contribution in [2.75, 3.05) is 12.4 Å². The van der Waals surface area contributed by atoms with Crippen LogP contribution in [-0.4, -0.2) is 26.9 Å². The highest BCUT2D eigenvalue weighted by molar-refractivity contribution is 7.86. The molecular formula is C8H15FO3S. The van der Waals surface area contributed by atoms with Crippen molar-refractivity contribution in [1.82, 2.24) is 0 Å². The van der Waals surface area contributed by atoms with E-state index in [1.807, 2.05) is 13.8 Å². The molecule has 1 aliphatic rings. The highest BCUT2D eigenvalue weighted by Gasteiger charge is 2.36. The Morgan fingerprint density at radius 1 is 1.54 bits per heavy atom. The molecule has 0 N–H and O–H groups in total. The normalized spacial score (nSPS) is 28.7. The molecule has 1 atom stereocenters. The fourth-order valence-electron chi connectivity index (χ4n) is 1.59. The molecule has 0 amide bonds. The smallest absolute Gasteiger partial charge is 0.304 e. The minimum absolute atomic E-state index is 0.239. The Kier molecular flexibility index (Phi) is 2.97. The summed E-state index contributed by atoms with van der Waals surface area (Å²) in [6, 6.07) is 0. The van der Waals surface area contributed by atoms with Gasteiger partial charge in [-0.1, -0.05) is 13.8 Å². The molecule has 0 aromatic heterocycles. The first kappa shape index (κ1) is 10.9. The summed E-state index contributed by atoms with van der Waals surface area (Å²) >= 11 is 0. The molecule has 0 aromatic rings. The van der Waals surface area contributed by atoms with Crippen molar-refractivity contribution in [3.63, 3.8) is 0 Å². The first-order valence-electron chi connectivity index (χ1n) is 4.35. The standard InChI is InChI=1S/C8H15FO3S/c1-8(2)4-3-5-12-7(8)6-13(9,10)11/h7H,3-6H2,1-2H3. The average Bonchev–Trinajstić information content (AvgIpc) is 1.91. The van der Waals surface area contributed by atoms with Crippen LogP contribution < -0.4 is 0 Å². The summed E-state index contributed by atoms with van der Waals surface area (Å²) in [6.45, 7) is 4.34. The largest absolute Gasteiger partial charge is 0.377 e. The zero-order valence-electron chi connectivity index (χ0n) is 7.92. The summed E-state index contributed by atoms with van der Waals surface area (Å²) in [6.07, 6.45) is 1.29. The molecular weight excluding hydrogens is 195 g/mol. The Labute approximate surface area is 78.5 Å². The Morgan fingerprint density at radius 2 is 2.15 bits per heavy atom. The van der Waals surface area contributed by atoms with Gasteiger partial charge in [0.2, 0.25) is 0 Å². The highest BCUT2D eigenvalue weighted by atomic mass is 32.3. The van der Waals surface area contributed by atoms with Crippen molar-refractivity contribution in [1.29, 1.82) is 0 Å². The van der Waals surface area contributed by atoms with Crippen molar-refractivity contribution in [3.8, 4) is 0 Å². The van der Waals surface area contributed by atoms with Gasteiger partial charge in [-0.2, -0.15) is 8.42 Å². The molecule has 0 saturated carbocycles. The van der Waals surface area contributed by atoms with Crippen LogP contribution >= 0.6 is 0 Å². The van der Waals surface area contributed by atoms with E-state index in [0.29, 0.717) is 6.61 Å². The summed E-state index contributed by atoms with van der Waals surface area (Å²) in [5.74, 6) is -0.514. The Hall–Kier alpha value is -0.160. The minimum Gasteiger partial charge on any atom is -0.377 e. The molecule has 1 fully saturated rings. The van der Waals surface area contributed by atoms with Gasteiger partial charge in [-0.15, -0.1) is 3.89 Å². The predicted molar refractivity (Wildman–Crippen MR) is 47.6 cm³/mol.